The van der Waals surface area contributed by atoms with Crippen molar-refractivity contribution < 1.29 is 8.42 Å². The Labute approximate surface area is 110 Å². The lowest BCUT2D eigenvalue weighted by atomic mass is 10.00. The molecule has 0 aliphatic rings. The molecule has 1 heterocycles. The molecule has 1 rings (SSSR count). The Morgan fingerprint density at radius 1 is 1.39 bits per heavy atom. The van der Waals surface area contributed by atoms with Crippen LogP contribution >= 0.6 is 0 Å². The van der Waals surface area contributed by atoms with Crippen molar-refractivity contribution in [3.8, 4) is 0 Å². The van der Waals surface area contributed by atoms with E-state index in [9.17, 15) is 8.42 Å². The molecule has 5 heteroatoms. The number of aryl methyl sites for hydroxylation is 1. The molecule has 0 spiro atoms. The average molecular weight is 272 g/mol. The summed E-state index contributed by atoms with van der Waals surface area (Å²) >= 11 is 0. The van der Waals surface area contributed by atoms with Crippen LogP contribution in [-0.2, 0) is 16.4 Å². The van der Waals surface area contributed by atoms with Gasteiger partial charge in [0, 0.05) is 30.7 Å². The van der Waals surface area contributed by atoms with Crippen molar-refractivity contribution in [3.63, 3.8) is 0 Å². The first-order chi connectivity index (χ1) is 8.35. The van der Waals surface area contributed by atoms with Gasteiger partial charge in [-0.15, -0.1) is 0 Å². The molecule has 0 saturated heterocycles. The van der Waals surface area contributed by atoms with Crippen LogP contribution in [-0.4, -0.2) is 24.5 Å². The maximum Gasteiger partial charge on any atom is 0.150 e. The minimum absolute atomic E-state index is 0.0469. The number of rotatable bonds is 7. The first-order valence-corrected chi connectivity index (χ1v) is 8.29. The van der Waals surface area contributed by atoms with E-state index in [0.29, 0.717) is 12.3 Å². The van der Waals surface area contributed by atoms with Gasteiger partial charge in [0.25, 0.3) is 0 Å². The number of hydrogen-bond donors (Lipinski definition) is 1. The van der Waals surface area contributed by atoms with Crippen molar-refractivity contribution in [2.45, 2.75) is 39.8 Å². The van der Waals surface area contributed by atoms with E-state index < -0.39 is 9.84 Å². The van der Waals surface area contributed by atoms with Crippen LogP contribution in [0.15, 0.2) is 18.5 Å². The molecule has 1 atom stereocenters. The summed E-state index contributed by atoms with van der Waals surface area (Å²) in [6.45, 7) is 6.60. The molecule has 0 amide bonds. The van der Waals surface area contributed by atoms with Gasteiger partial charge in [0.2, 0.25) is 0 Å². The van der Waals surface area contributed by atoms with E-state index in [1.165, 1.54) is 0 Å². The third-order valence-corrected chi connectivity index (χ3v) is 4.98. The Morgan fingerprint density at radius 2 is 2.06 bits per heavy atom. The number of nitrogens with zero attached hydrogens (tertiary/aromatic N) is 1. The molecule has 1 aromatic heterocycles. The first-order valence-electron chi connectivity index (χ1n) is 6.47. The lowest BCUT2D eigenvalue weighted by Crippen LogP contribution is -2.16. The van der Waals surface area contributed by atoms with Gasteiger partial charge in [-0.2, -0.15) is 0 Å². The van der Waals surface area contributed by atoms with Crippen LogP contribution in [0.5, 0.6) is 0 Å². The molecule has 1 aromatic rings. The van der Waals surface area contributed by atoms with Gasteiger partial charge in [-0.1, -0.05) is 20.8 Å². The highest BCUT2D eigenvalue weighted by molar-refractivity contribution is 7.91. The summed E-state index contributed by atoms with van der Waals surface area (Å²) in [5, 5.41) is 0. The fraction of sp³-hybridized carbons (Fsp3) is 0.692. The third-order valence-electron chi connectivity index (χ3n) is 3.19. The van der Waals surface area contributed by atoms with Gasteiger partial charge in [0.15, 0.2) is 0 Å². The van der Waals surface area contributed by atoms with Crippen molar-refractivity contribution in [2.75, 3.05) is 11.5 Å². The molecule has 0 fully saturated rings. The highest BCUT2D eigenvalue weighted by Crippen LogP contribution is 2.19. The molecule has 0 aliphatic heterocycles. The van der Waals surface area contributed by atoms with Gasteiger partial charge < -0.3 is 10.3 Å². The van der Waals surface area contributed by atoms with Gasteiger partial charge in [0.1, 0.15) is 9.84 Å². The van der Waals surface area contributed by atoms with Gasteiger partial charge in [-0.25, -0.2) is 8.42 Å². The molecule has 1 unspecified atom stereocenters. The Hall–Kier alpha value is -0.810. The summed E-state index contributed by atoms with van der Waals surface area (Å²) in [7, 11) is -2.85. The number of sulfone groups is 1. The van der Waals surface area contributed by atoms with Gasteiger partial charge in [-0.05, 0) is 24.0 Å². The average Bonchev–Trinajstić information content (AvgIpc) is 2.76. The zero-order valence-electron chi connectivity index (χ0n) is 11.5. The molecular formula is C13H24N2O2S. The number of aromatic nitrogens is 1. The van der Waals surface area contributed by atoms with Gasteiger partial charge >= 0.3 is 0 Å². The van der Waals surface area contributed by atoms with Crippen LogP contribution in [0.3, 0.4) is 0 Å². The molecule has 18 heavy (non-hydrogen) atoms. The van der Waals surface area contributed by atoms with Crippen LogP contribution in [0.25, 0.3) is 0 Å². The Balaban J connectivity index is 2.50. The molecule has 0 aliphatic carbocycles. The topological polar surface area (TPSA) is 65.1 Å². The van der Waals surface area contributed by atoms with Crippen molar-refractivity contribution in [3.05, 3.63) is 24.0 Å². The summed E-state index contributed by atoms with van der Waals surface area (Å²) in [5.41, 5.74) is 7.18. The first kappa shape index (κ1) is 15.2. The van der Waals surface area contributed by atoms with Crippen LogP contribution in [0.1, 0.15) is 38.8 Å². The van der Waals surface area contributed by atoms with Crippen LogP contribution in [0.2, 0.25) is 0 Å². The number of nitrogens with two attached hydrogens (primary N) is 1. The molecule has 4 nitrogen and oxygen atoms in total. The van der Waals surface area contributed by atoms with Crippen molar-refractivity contribution in [1.82, 2.24) is 4.57 Å². The zero-order chi connectivity index (χ0) is 13.8. The SMILES string of the molecule is CCS(=O)(=O)CCCn1ccc(C(N)C(C)C)c1. The van der Waals surface area contributed by atoms with Crippen molar-refractivity contribution in [1.29, 1.82) is 0 Å². The van der Waals surface area contributed by atoms with Crippen LogP contribution in [0, 0.1) is 5.92 Å². The monoisotopic (exact) mass is 272 g/mol. The van der Waals surface area contributed by atoms with E-state index in [2.05, 4.69) is 13.8 Å². The fourth-order valence-corrected chi connectivity index (χ4v) is 2.65. The van der Waals surface area contributed by atoms with E-state index in [0.717, 1.165) is 12.1 Å². The Bertz CT molecular complexity index is 463. The lowest BCUT2D eigenvalue weighted by molar-refractivity contribution is 0.513. The summed E-state index contributed by atoms with van der Waals surface area (Å²) in [4.78, 5) is 0. The van der Waals surface area contributed by atoms with Crippen LogP contribution in [0.4, 0.5) is 0 Å². The quantitative estimate of drug-likeness (QED) is 0.825. The summed E-state index contributed by atoms with van der Waals surface area (Å²) < 4.78 is 24.7. The molecular weight excluding hydrogens is 248 g/mol. The molecule has 104 valence electrons. The van der Waals surface area contributed by atoms with E-state index >= 15 is 0 Å². The maximum atomic E-state index is 11.4. The molecule has 2 N–H and O–H groups in total. The second-order valence-corrected chi connectivity index (χ2v) is 7.52. The summed E-state index contributed by atoms with van der Waals surface area (Å²) in [5.74, 6) is 0.886. The maximum absolute atomic E-state index is 11.4. The second kappa shape index (κ2) is 6.38. The zero-order valence-corrected chi connectivity index (χ0v) is 12.3. The largest absolute Gasteiger partial charge is 0.354 e. The lowest BCUT2D eigenvalue weighted by Gasteiger charge is -2.13. The highest BCUT2D eigenvalue weighted by atomic mass is 32.2. The minimum atomic E-state index is -2.85. The van der Waals surface area contributed by atoms with Gasteiger partial charge in [0.05, 0.1) is 5.75 Å². The summed E-state index contributed by atoms with van der Waals surface area (Å²) in [6, 6.07) is 2.06. The van der Waals surface area contributed by atoms with Gasteiger partial charge in [-0.3, -0.25) is 0 Å². The van der Waals surface area contributed by atoms with Crippen molar-refractivity contribution >= 4 is 9.84 Å². The third kappa shape index (κ3) is 4.46. The van der Waals surface area contributed by atoms with Crippen molar-refractivity contribution in [2.24, 2.45) is 11.7 Å². The fourth-order valence-electron chi connectivity index (χ4n) is 1.79. The molecule has 0 saturated carbocycles. The van der Waals surface area contributed by atoms with Crippen LogP contribution < -0.4 is 5.73 Å². The smallest absolute Gasteiger partial charge is 0.150 e. The predicted octanol–water partition coefficient (Wildman–Crippen LogP) is 1.97. The normalized spacial score (nSPS) is 14.1. The van der Waals surface area contributed by atoms with E-state index in [1.54, 1.807) is 6.92 Å². The van der Waals surface area contributed by atoms with E-state index in [1.807, 2.05) is 23.0 Å². The summed E-state index contributed by atoms with van der Waals surface area (Å²) in [6.07, 6.45) is 4.64. The van der Waals surface area contributed by atoms with E-state index in [4.69, 9.17) is 5.73 Å². The molecule has 0 bridgehead atoms. The van der Waals surface area contributed by atoms with E-state index in [-0.39, 0.29) is 17.5 Å². The second-order valence-electron chi connectivity index (χ2n) is 5.04. The molecule has 0 aromatic carbocycles. The highest BCUT2D eigenvalue weighted by Gasteiger charge is 2.12. The standard InChI is InChI=1S/C13H24N2O2S/c1-4-18(16,17)9-5-7-15-8-6-12(10-15)13(14)11(2)3/h6,8,10-11,13H,4-5,7,9,14H2,1-3H3. The minimum Gasteiger partial charge on any atom is -0.354 e. The predicted molar refractivity (Wildman–Crippen MR) is 75.1 cm³/mol. The molecule has 0 radical (unpaired) electrons. The Morgan fingerprint density at radius 3 is 2.61 bits per heavy atom. The number of hydrogen-bond acceptors (Lipinski definition) is 3. The Kier molecular flexibility index (Phi) is 5.41.